The molecule has 0 fully saturated rings. The Morgan fingerprint density at radius 3 is 2.03 bits per heavy atom. The van der Waals surface area contributed by atoms with Gasteiger partial charge in [-0.15, -0.1) is 0 Å². The first kappa shape index (κ1) is 19.9. The molecule has 32 heavy (non-hydrogen) atoms. The summed E-state index contributed by atoms with van der Waals surface area (Å²) in [6.45, 7) is 4.53. The van der Waals surface area contributed by atoms with Crippen molar-refractivity contribution in [3.05, 3.63) is 95.3 Å². The Labute approximate surface area is 185 Å². The second kappa shape index (κ2) is 8.23. The Morgan fingerprint density at radius 2 is 1.38 bits per heavy atom. The zero-order valence-corrected chi connectivity index (χ0v) is 17.8. The molecule has 5 rings (SSSR count). The molecule has 6 heteroatoms. The number of fused-ring (bicyclic) bond motifs is 1. The molecule has 0 radical (unpaired) electrons. The van der Waals surface area contributed by atoms with E-state index < -0.39 is 0 Å². The second-order valence-electron chi connectivity index (χ2n) is 7.78. The molecule has 5 aromatic rings. The van der Waals surface area contributed by atoms with Crippen molar-refractivity contribution in [2.24, 2.45) is 0 Å². The minimum Gasteiger partial charge on any atom is -0.430 e. The fourth-order valence-electron chi connectivity index (χ4n) is 3.38. The van der Waals surface area contributed by atoms with Crippen molar-refractivity contribution < 1.29 is 8.81 Å². The summed E-state index contributed by atoms with van der Waals surface area (Å²) >= 11 is 0. The van der Waals surface area contributed by atoms with Crippen LogP contribution >= 0.6 is 0 Å². The van der Waals surface area contributed by atoms with Gasteiger partial charge in [-0.05, 0) is 43.7 Å². The molecule has 0 atom stereocenters. The van der Waals surface area contributed by atoms with E-state index in [1.807, 2.05) is 62.4 Å². The standard InChI is InChI=1S/C26H21FN4O/c1-16-3-9-19(10-4-16)23-29-24(28-15-18-7-13-21(27)14-8-18)22-25(30-23)31-26(32-22)20-11-5-17(2)6-12-20/h3-14H,15H2,1-2H3,(H,28,29,30). The Morgan fingerprint density at radius 1 is 0.750 bits per heavy atom. The number of rotatable bonds is 5. The van der Waals surface area contributed by atoms with E-state index >= 15 is 0 Å². The number of nitrogens with zero attached hydrogens (tertiary/aromatic N) is 3. The first-order valence-corrected chi connectivity index (χ1v) is 10.4. The minimum absolute atomic E-state index is 0.266. The summed E-state index contributed by atoms with van der Waals surface area (Å²) in [5, 5.41) is 3.31. The molecular formula is C26H21FN4O. The summed E-state index contributed by atoms with van der Waals surface area (Å²) in [5.74, 6) is 1.32. The molecule has 5 nitrogen and oxygen atoms in total. The van der Waals surface area contributed by atoms with Crippen molar-refractivity contribution in [1.82, 2.24) is 15.0 Å². The fraction of sp³-hybridized carbons (Fsp3) is 0.115. The van der Waals surface area contributed by atoms with Crippen LogP contribution in [0, 0.1) is 19.7 Å². The van der Waals surface area contributed by atoms with Gasteiger partial charge in [0.1, 0.15) is 5.82 Å². The number of aromatic nitrogens is 3. The molecule has 3 aromatic carbocycles. The number of hydrogen-bond donors (Lipinski definition) is 1. The lowest BCUT2D eigenvalue weighted by Gasteiger charge is -2.08. The highest BCUT2D eigenvalue weighted by Crippen LogP contribution is 2.30. The van der Waals surface area contributed by atoms with E-state index in [0.29, 0.717) is 35.3 Å². The van der Waals surface area contributed by atoms with Crippen molar-refractivity contribution >= 4 is 17.0 Å². The number of nitrogens with one attached hydrogen (secondary N) is 1. The van der Waals surface area contributed by atoms with Gasteiger partial charge < -0.3 is 9.73 Å². The SMILES string of the molecule is Cc1ccc(-c2nc(NCc3ccc(F)cc3)c3oc(-c4ccc(C)cc4)nc3n2)cc1. The maximum atomic E-state index is 13.3. The van der Waals surface area contributed by atoms with Gasteiger partial charge in [0.2, 0.25) is 17.1 Å². The molecule has 0 aliphatic carbocycles. The van der Waals surface area contributed by atoms with E-state index in [-0.39, 0.29) is 5.82 Å². The van der Waals surface area contributed by atoms with Crippen LogP contribution in [0.4, 0.5) is 10.2 Å². The summed E-state index contributed by atoms with van der Waals surface area (Å²) in [4.78, 5) is 14.0. The first-order valence-electron chi connectivity index (χ1n) is 10.4. The molecule has 0 spiro atoms. The first-order chi connectivity index (χ1) is 15.5. The van der Waals surface area contributed by atoms with Crippen LogP contribution in [0.2, 0.25) is 0 Å². The van der Waals surface area contributed by atoms with Crippen molar-refractivity contribution in [3.8, 4) is 22.8 Å². The quantitative estimate of drug-likeness (QED) is 0.358. The van der Waals surface area contributed by atoms with Crippen LogP contribution in [-0.4, -0.2) is 15.0 Å². The smallest absolute Gasteiger partial charge is 0.229 e. The number of anilines is 1. The number of hydrogen-bond acceptors (Lipinski definition) is 5. The highest BCUT2D eigenvalue weighted by Gasteiger charge is 2.17. The van der Waals surface area contributed by atoms with Crippen LogP contribution in [0.5, 0.6) is 0 Å². The number of benzene rings is 3. The van der Waals surface area contributed by atoms with Crippen LogP contribution in [-0.2, 0) is 6.54 Å². The van der Waals surface area contributed by atoms with Gasteiger partial charge in [-0.2, -0.15) is 4.98 Å². The molecule has 0 aliphatic heterocycles. The van der Waals surface area contributed by atoms with Gasteiger partial charge >= 0.3 is 0 Å². The third kappa shape index (κ3) is 4.07. The molecule has 1 N–H and O–H groups in total. The average Bonchev–Trinajstić information content (AvgIpc) is 3.24. The van der Waals surface area contributed by atoms with Crippen LogP contribution in [0.25, 0.3) is 34.1 Å². The normalized spacial score (nSPS) is 11.1. The average molecular weight is 424 g/mol. The summed E-state index contributed by atoms with van der Waals surface area (Å²) in [5.41, 5.74) is 5.97. The Hall–Kier alpha value is -4.06. The lowest BCUT2D eigenvalue weighted by molar-refractivity contribution is 0.618. The van der Waals surface area contributed by atoms with Gasteiger partial charge in [0, 0.05) is 17.7 Å². The van der Waals surface area contributed by atoms with E-state index in [9.17, 15) is 4.39 Å². The zero-order chi connectivity index (χ0) is 22.1. The second-order valence-corrected chi connectivity index (χ2v) is 7.78. The van der Waals surface area contributed by atoms with Gasteiger partial charge in [0.25, 0.3) is 0 Å². The topological polar surface area (TPSA) is 63.8 Å². The third-order valence-electron chi connectivity index (χ3n) is 5.24. The van der Waals surface area contributed by atoms with Gasteiger partial charge in [0.15, 0.2) is 11.6 Å². The fourth-order valence-corrected chi connectivity index (χ4v) is 3.38. The zero-order valence-electron chi connectivity index (χ0n) is 17.8. The predicted octanol–water partition coefficient (Wildman–Crippen LogP) is 6.32. The Kier molecular flexibility index (Phi) is 5.11. The maximum absolute atomic E-state index is 13.3. The molecule has 158 valence electrons. The van der Waals surface area contributed by atoms with Crippen molar-refractivity contribution in [2.75, 3.05) is 5.32 Å². The summed E-state index contributed by atoms with van der Waals surface area (Å²) in [7, 11) is 0. The van der Waals surface area contributed by atoms with Crippen molar-refractivity contribution in [3.63, 3.8) is 0 Å². The highest BCUT2D eigenvalue weighted by atomic mass is 19.1. The Balaban J connectivity index is 1.58. The van der Waals surface area contributed by atoms with Crippen LogP contribution in [0.1, 0.15) is 16.7 Å². The number of halogens is 1. The van der Waals surface area contributed by atoms with Crippen LogP contribution in [0.15, 0.2) is 77.2 Å². The van der Waals surface area contributed by atoms with Gasteiger partial charge in [-0.3, -0.25) is 0 Å². The largest absolute Gasteiger partial charge is 0.430 e. The summed E-state index contributed by atoms with van der Waals surface area (Å²) in [6, 6.07) is 22.3. The van der Waals surface area contributed by atoms with Gasteiger partial charge in [0.05, 0.1) is 0 Å². The highest BCUT2D eigenvalue weighted by molar-refractivity contribution is 5.85. The van der Waals surface area contributed by atoms with E-state index in [4.69, 9.17) is 9.40 Å². The number of aryl methyl sites for hydroxylation is 2. The van der Waals surface area contributed by atoms with E-state index in [1.165, 1.54) is 12.1 Å². The monoisotopic (exact) mass is 424 g/mol. The van der Waals surface area contributed by atoms with Gasteiger partial charge in [-0.25, -0.2) is 14.4 Å². The van der Waals surface area contributed by atoms with Crippen molar-refractivity contribution in [2.45, 2.75) is 20.4 Å². The Bertz CT molecular complexity index is 1380. The molecule has 2 aromatic heterocycles. The van der Waals surface area contributed by atoms with E-state index in [0.717, 1.165) is 27.8 Å². The summed E-state index contributed by atoms with van der Waals surface area (Å²) in [6.07, 6.45) is 0. The molecule has 0 unspecified atom stereocenters. The minimum atomic E-state index is -0.266. The molecule has 0 saturated carbocycles. The van der Waals surface area contributed by atoms with E-state index in [1.54, 1.807) is 12.1 Å². The number of oxazole rings is 1. The maximum Gasteiger partial charge on any atom is 0.229 e. The summed E-state index contributed by atoms with van der Waals surface area (Å²) < 4.78 is 19.3. The van der Waals surface area contributed by atoms with Crippen molar-refractivity contribution in [1.29, 1.82) is 0 Å². The van der Waals surface area contributed by atoms with E-state index in [2.05, 4.69) is 15.3 Å². The molecule has 0 saturated heterocycles. The molecule has 0 aliphatic rings. The molecule has 0 amide bonds. The lowest BCUT2D eigenvalue weighted by Crippen LogP contribution is -2.04. The molecule has 2 heterocycles. The molecule has 0 bridgehead atoms. The lowest BCUT2D eigenvalue weighted by atomic mass is 10.1. The predicted molar refractivity (Wildman–Crippen MR) is 124 cm³/mol. The third-order valence-corrected chi connectivity index (χ3v) is 5.24. The van der Waals surface area contributed by atoms with Gasteiger partial charge in [-0.1, -0.05) is 59.7 Å². The van der Waals surface area contributed by atoms with Crippen LogP contribution < -0.4 is 5.32 Å². The molecular weight excluding hydrogens is 403 g/mol. The van der Waals surface area contributed by atoms with Crippen LogP contribution in [0.3, 0.4) is 0 Å².